The van der Waals surface area contributed by atoms with Crippen LogP contribution in [0.5, 0.6) is 11.5 Å². The number of thiazole rings is 1. The topological polar surface area (TPSA) is 60.5 Å². The molecule has 0 spiro atoms. The van der Waals surface area contributed by atoms with Gasteiger partial charge in [-0.25, -0.2) is 4.98 Å². The Morgan fingerprint density at radius 3 is 2.27 bits per heavy atom. The van der Waals surface area contributed by atoms with Crippen molar-refractivity contribution in [3.63, 3.8) is 0 Å². The van der Waals surface area contributed by atoms with Crippen LogP contribution in [0.25, 0.3) is 10.2 Å². The van der Waals surface area contributed by atoms with Gasteiger partial charge >= 0.3 is 0 Å². The standard InChI is InChI=1S/C20H22N2O3S/c1-11-6-12(2)14(13(3)7-11)8-19(23)22-20-21-15-9-16(24-4)17(25-5)10-18(15)26-20/h6-7,9-10H,8H2,1-5H3,(H,21,22,23). The number of fused-ring (bicyclic) bond motifs is 1. The number of methoxy groups -OCH3 is 2. The molecule has 0 unspecified atom stereocenters. The summed E-state index contributed by atoms with van der Waals surface area (Å²) in [4.78, 5) is 17.0. The van der Waals surface area contributed by atoms with E-state index in [1.807, 2.05) is 26.0 Å². The minimum absolute atomic E-state index is 0.0713. The van der Waals surface area contributed by atoms with Crippen LogP contribution in [0.4, 0.5) is 5.13 Å². The lowest BCUT2D eigenvalue weighted by Gasteiger charge is -2.10. The second-order valence-corrected chi connectivity index (χ2v) is 7.33. The first kappa shape index (κ1) is 18.2. The lowest BCUT2D eigenvalue weighted by Crippen LogP contribution is -2.15. The number of hydrogen-bond donors (Lipinski definition) is 1. The first-order valence-corrected chi connectivity index (χ1v) is 9.12. The first-order chi connectivity index (χ1) is 12.4. The van der Waals surface area contributed by atoms with Crippen LogP contribution in [-0.4, -0.2) is 25.1 Å². The molecular weight excluding hydrogens is 348 g/mol. The number of aromatic nitrogens is 1. The summed E-state index contributed by atoms with van der Waals surface area (Å²) in [7, 11) is 3.19. The fourth-order valence-corrected chi connectivity index (χ4v) is 4.01. The van der Waals surface area contributed by atoms with Crippen molar-refractivity contribution >= 4 is 32.6 Å². The Morgan fingerprint density at radius 2 is 1.65 bits per heavy atom. The minimum atomic E-state index is -0.0713. The third-order valence-electron chi connectivity index (χ3n) is 4.32. The zero-order valence-corrected chi connectivity index (χ0v) is 16.4. The van der Waals surface area contributed by atoms with Gasteiger partial charge in [0.15, 0.2) is 16.6 Å². The molecule has 0 aliphatic heterocycles. The van der Waals surface area contributed by atoms with Crippen LogP contribution in [-0.2, 0) is 11.2 Å². The molecule has 0 aliphatic rings. The van der Waals surface area contributed by atoms with E-state index in [1.165, 1.54) is 16.9 Å². The molecule has 1 amide bonds. The lowest BCUT2D eigenvalue weighted by molar-refractivity contribution is -0.115. The summed E-state index contributed by atoms with van der Waals surface area (Å²) in [6.07, 6.45) is 0.334. The summed E-state index contributed by atoms with van der Waals surface area (Å²) in [5, 5.41) is 3.48. The van der Waals surface area contributed by atoms with Crippen LogP contribution >= 0.6 is 11.3 Å². The van der Waals surface area contributed by atoms with Crippen molar-refractivity contribution < 1.29 is 14.3 Å². The van der Waals surface area contributed by atoms with Crippen molar-refractivity contribution in [2.75, 3.05) is 19.5 Å². The molecule has 6 heteroatoms. The molecule has 26 heavy (non-hydrogen) atoms. The van der Waals surface area contributed by atoms with E-state index in [-0.39, 0.29) is 5.91 Å². The molecule has 0 atom stereocenters. The molecule has 1 N–H and O–H groups in total. The molecular formula is C20H22N2O3S. The van der Waals surface area contributed by atoms with Gasteiger partial charge in [0.2, 0.25) is 5.91 Å². The zero-order valence-electron chi connectivity index (χ0n) is 15.6. The third kappa shape index (κ3) is 3.65. The van der Waals surface area contributed by atoms with E-state index in [2.05, 4.69) is 29.4 Å². The van der Waals surface area contributed by atoms with Gasteiger partial charge < -0.3 is 14.8 Å². The molecule has 1 heterocycles. The number of ether oxygens (including phenoxy) is 2. The Morgan fingerprint density at radius 1 is 1.04 bits per heavy atom. The Balaban J connectivity index is 1.81. The highest BCUT2D eigenvalue weighted by Gasteiger charge is 2.14. The SMILES string of the molecule is COc1cc2nc(NC(=O)Cc3c(C)cc(C)cc3C)sc2cc1OC. The quantitative estimate of drug-likeness (QED) is 0.722. The van der Waals surface area contributed by atoms with Gasteiger partial charge in [-0.3, -0.25) is 4.79 Å². The summed E-state index contributed by atoms with van der Waals surface area (Å²) in [6, 6.07) is 7.89. The first-order valence-electron chi connectivity index (χ1n) is 8.30. The number of carbonyl (C=O) groups is 1. The molecule has 0 saturated heterocycles. The van der Waals surface area contributed by atoms with E-state index in [0.29, 0.717) is 23.1 Å². The highest BCUT2D eigenvalue weighted by molar-refractivity contribution is 7.22. The minimum Gasteiger partial charge on any atom is -0.493 e. The molecule has 3 aromatic rings. The molecule has 0 saturated carbocycles. The second-order valence-electron chi connectivity index (χ2n) is 6.30. The van der Waals surface area contributed by atoms with Crippen LogP contribution in [0.15, 0.2) is 24.3 Å². The summed E-state index contributed by atoms with van der Waals surface area (Å²) < 4.78 is 11.5. The Kier molecular flexibility index (Phi) is 5.13. The van der Waals surface area contributed by atoms with Crippen LogP contribution in [0.1, 0.15) is 22.3 Å². The average molecular weight is 370 g/mol. The number of anilines is 1. The summed E-state index contributed by atoms with van der Waals surface area (Å²) in [5.74, 6) is 1.19. The molecule has 1 aromatic heterocycles. The monoisotopic (exact) mass is 370 g/mol. The number of aryl methyl sites for hydroxylation is 3. The summed E-state index contributed by atoms with van der Waals surface area (Å²) >= 11 is 1.42. The van der Waals surface area contributed by atoms with Crippen molar-refractivity contribution in [1.29, 1.82) is 0 Å². The van der Waals surface area contributed by atoms with Crippen molar-refractivity contribution in [3.8, 4) is 11.5 Å². The number of hydrogen-bond acceptors (Lipinski definition) is 5. The number of rotatable bonds is 5. The van der Waals surface area contributed by atoms with Gasteiger partial charge in [-0.1, -0.05) is 29.0 Å². The maximum Gasteiger partial charge on any atom is 0.230 e. The summed E-state index contributed by atoms with van der Waals surface area (Å²) in [6.45, 7) is 6.14. The normalized spacial score (nSPS) is 10.8. The smallest absolute Gasteiger partial charge is 0.230 e. The molecule has 0 radical (unpaired) electrons. The maximum absolute atomic E-state index is 12.5. The van der Waals surface area contributed by atoms with Crippen molar-refractivity contribution in [2.45, 2.75) is 27.2 Å². The third-order valence-corrected chi connectivity index (χ3v) is 5.25. The molecule has 5 nitrogen and oxygen atoms in total. The van der Waals surface area contributed by atoms with E-state index in [1.54, 1.807) is 14.2 Å². The van der Waals surface area contributed by atoms with Gasteiger partial charge in [0.1, 0.15) is 0 Å². The lowest BCUT2D eigenvalue weighted by atomic mass is 9.97. The van der Waals surface area contributed by atoms with E-state index in [4.69, 9.17) is 9.47 Å². The number of amides is 1. The zero-order chi connectivity index (χ0) is 18.8. The number of nitrogens with one attached hydrogen (secondary N) is 1. The number of carbonyl (C=O) groups excluding carboxylic acids is 1. The van der Waals surface area contributed by atoms with E-state index in [0.717, 1.165) is 26.9 Å². The van der Waals surface area contributed by atoms with Crippen molar-refractivity contribution in [3.05, 3.63) is 46.5 Å². The molecule has 0 bridgehead atoms. The maximum atomic E-state index is 12.5. The molecule has 0 aliphatic carbocycles. The van der Waals surface area contributed by atoms with Crippen LogP contribution < -0.4 is 14.8 Å². The van der Waals surface area contributed by atoms with Gasteiger partial charge in [0.25, 0.3) is 0 Å². The predicted octanol–water partition coefficient (Wildman–Crippen LogP) is 4.42. The van der Waals surface area contributed by atoms with Gasteiger partial charge in [-0.05, 0) is 37.5 Å². The van der Waals surface area contributed by atoms with Gasteiger partial charge in [-0.2, -0.15) is 0 Å². The van der Waals surface area contributed by atoms with Crippen LogP contribution in [0.2, 0.25) is 0 Å². The molecule has 136 valence electrons. The van der Waals surface area contributed by atoms with Gasteiger partial charge in [0.05, 0.1) is 30.9 Å². The highest BCUT2D eigenvalue weighted by Crippen LogP contribution is 2.36. The Bertz CT molecular complexity index is 915. The van der Waals surface area contributed by atoms with Gasteiger partial charge in [0, 0.05) is 12.1 Å². The Labute approximate surface area is 157 Å². The molecule has 3 rings (SSSR count). The van der Waals surface area contributed by atoms with Crippen LogP contribution in [0.3, 0.4) is 0 Å². The summed E-state index contributed by atoms with van der Waals surface area (Å²) in [5.41, 5.74) is 5.31. The van der Waals surface area contributed by atoms with Crippen molar-refractivity contribution in [1.82, 2.24) is 4.98 Å². The average Bonchev–Trinajstić information content (AvgIpc) is 2.97. The second kappa shape index (κ2) is 7.33. The molecule has 2 aromatic carbocycles. The largest absolute Gasteiger partial charge is 0.493 e. The van der Waals surface area contributed by atoms with E-state index < -0.39 is 0 Å². The van der Waals surface area contributed by atoms with E-state index in [9.17, 15) is 4.79 Å². The van der Waals surface area contributed by atoms with E-state index >= 15 is 0 Å². The Hall–Kier alpha value is -2.60. The van der Waals surface area contributed by atoms with Crippen molar-refractivity contribution in [2.24, 2.45) is 0 Å². The number of benzene rings is 2. The molecule has 0 fully saturated rings. The fraction of sp³-hybridized carbons (Fsp3) is 0.300. The van der Waals surface area contributed by atoms with Gasteiger partial charge in [-0.15, -0.1) is 0 Å². The van der Waals surface area contributed by atoms with Crippen LogP contribution in [0, 0.1) is 20.8 Å². The fourth-order valence-electron chi connectivity index (χ4n) is 3.12. The predicted molar refractivity (Wildman–Crippen MR) is 106 cm³/mol. The number of nitrogens with zero attached hydrogens (tertiary/aromatic N) is 1. The highest BCUT2D eigenvalue weighted by atomic mass is 32.1.